The number of thiazole rings is 1. The van der Waals surface area contributed by atoms with Gasteiger partial charge in [-0.25, -0.2) is 9.78 Å². The van der Waals surface area contributed by atoms with Crippen LogP contribution in [0, 0.1) is 0 Å². The maximum absolute atomic E-state index is 14.4. The number of hydrogen-bond acceptors (Lipinski definition) is 9. The van der Waals surface area contributed by atoms with Crippen molar-refractivity contribution in [1.82, 2.24) is 9.88 Å². The Hall–Kier alpha value is -4.71. The van der Waals surface area contributed by atoms with Crippen LogP contribution in [0.25, 0.3) is 5.57 Å². The summed E-state index contributed by atoms with van der Waals surface area (Å²) in [5.41, 5.74) is 3.37. The zero-order valence-electron chi connectivity index (χ0n) is 24.6. The molecule has 2 atom stereocenters. The van der Waals surface area contributed by atoms with E-state index in [0.29, 0.717) is 21.5 Å². The lowest BCUT2D eigenvalue weighted by Crippen LogP contribution is -2.71. The Morgan fingerprint density at radius 2 is 1.59 bits per heavy atom. The van der Waals surface area contributed by atoms with Gasteiger partial charge < -0.3 is 10.1 Å². The van der Waals surface area contributed by atoms with Gasteiger partial charge in [-0.05, 0) is 40.8 Å². The summed E-state index contributed by atoms with van der Waals surface area (Å²) in [4.78, 5) is 49.7. The summed E-state index contributed by atoms with van der Waals surface area (Å²) < 4.78 is 6.32. The smallest absolute Gasteiger partial charge is 0.356 e. The van der Waals surface area contributed by atoms with Crippen LogP contribution < -0.4 is 10.2 Å². The van der Waals surface area contributed by atoms with Gasteiger partial charge in [0.25, 0.3) is 5.91 Å². The lowest BCUT2D eigenvalue weighted by atomic mass is 9.99. The second kappa shape index (κ2) is 13.0. The van der Waals surface area contributed by atoms with Gasteiger partial charge in [0.05, 0.1) is 9.88 Å². The average Bonchev–Trinajstić information content (AvgIpc) is 3.79. The molecule has 2 aliphatic rings. The van der Waals surface area contributed by atoms with Crippen molar-refractivity contribution in [1.29, 1.82) is 0 Å². The van der Waals surface area contributed by atoms with Gasteiger partial charge in [-0.15, -0.1) is 23.1 Å². The molecule has 2 aliphatic heterocycles. The zero-order chi connectivity index (χ0) is 31.6. The monoisotopic (exact) mass is 664 g/mol. The van der Waals surface area contributed by atoms with Crippen molar-refractivity contribution in [3.63, 3.8) is 0 Å². The fourth-order valence-corrected chi connectivity index (χ4v) is 8.83. The number of ether oxygens (including phenoxy) is 1. The molecule has 1 saturated heterocycles. The van der Waals surface area contributed by atoms with Crippen LogP contribution in [0.15, 0.2) is 120 Å². The summed E-state index contributed by atoms with van der Waals surface area (Å²) in [5, 5.41) is 6.09. The van der Waals surface area contributed by atoms with Crippen molar-refractivity contribution < 1.29 is 19.1 Å². The second-order valence-corrected chi connectivity index (χ2v) is 13.7. The van der Waals surface area contributed by atoms with E-state index in [1.165, 1.54) is 46.3 Å². The number of amides is 2. The molecule has 0 saturated carbocycles. The zero-order valence-corrected chi connectivity index (χ0v) is 27.1. The van der Waals surface area contributed by atoms with Crippen molar-refractivity contribution in [2.75, 3.05) is 16.0 Å². The van der Waals surface area contributed by atoms with E-state index in [9.17, 15) is 14.4 Å². The van der Waals surface area contributed by atoms with Gasteiger partial charge in [-0.1, -0.05) is 90.2 Å². The predicted molar refractivity (Wildman–Crippen MR) is 184 cm³/mol. The predicted octanol–water partition coefficient (Wildman–Crippen LogP) is 7.33. The van der Waals surface area contributed by atoms with Gasteiger partial charge in [-0.3, -0.25) is 19.4 Å². The van der Waals surface area contributed by atoms with Crippen LogP contribution >= 0.6 is 34.4 Å². The molecule has 5 aromatic rings. The van der Waals surface area contributed by atoms with Crippen molar-refractivity contribution in [2.45, 2.75) is 24.4 Å². The molecule has 2 amide bonds. The standard InChI is InChI=1S/C35H28N4O4S3/c1-22(40)38(28-18-11-19-44-28)30-32(41)39-29(34(42)43-31(23-12-5-2-6-13-23)24-14-7-3-8-15-24)26(21-45-33(30)39)27-20-36-35(46-27)37-25-16-9-4-10-17-25/h2-20,30-31,33H,21H2,1H3,(H,36,37). The number of anilines is 3. The molecule has 3 aromatic carbocycles. The number of nitrogens with zero attached hydrogens (tertiary/aromatic N) is 3. The summed E-state index contributed by atoms with van der Waals surface area (Å²) >= 11 is 4.33. The molecule has 0 aliphatic carbocycles. The first kappa shape index (κ1) is 30.0. The Bertz CT molecular complexity index is 1860. The molecule has 0 bridgehead atoms. The van der Waals surface area contributed by atoms with Gasteiger partial charge in [0.1, 0.15) is 17.1 Å². The van der Waals surface area contributed by atoms with Crippen LogP contribution in [-0.4, -0.2) is 44.8 Å². The number of β-lactam (4-membered cyclic amide) rings is 1. The summed E-state index contributed by atoms with van der Waals surface area (Å²) in [7, 11) is 0. The first-order valence-corrected chi connectivity index (χ1v) is 17.3. The maximum Gasteiger partial charge on any atom is 0.356 e. The number of aromatic nitrogens is 1. The number of benzene rings is 3. The third-order valence-corrected chi connectivity index (χ3v) is 10.9. The van der Waals surface area contributed by atoms with Gasteiger partial charge in [0.2, 0.25) is 5.91 Å². The Morgan fingerprint density at radius 1 is 0.935 bits per heavy atom. The van der Waals surface area contributed by atoms with E-state index >= 15 is 0 Å². The van der Waals surface area contributed by atoms with E-state index in [-0.39, 0.29) is 17.5 Å². The number of thioether (sulfide) groups is 1. The molecule has 11 heteroatoms. The number of thiophene rings is 1. The van der Waals surface area contributed by atoms with E-state index in [4.69, 9.17) is 4.74 Å². The molecule has 1 N–H and O–H groups in total. The van der Waals surface area contributed by atoms with Gasteiger partial charge >= 0.3 is 5.97 Å². The summed E-state index contributed by atoms with van der Waals surface area (Å²) in [6.45, 7) is 1.46. The number of hydrogen-bond donors (Lipinski definition) is 1. The molecule has 0 radical (unpaired) electrons. The molecule has 4 heterocycles. The lowest BCUT2D eigenvalue weighted by molar-refractivity contribution is -0.153. The molecule has 7 rings (SSSR count). The minimum Gasteiger partial charge on any atom is -0.448 e. The molecule has 8 nitrogen and oxygen atoms in total. The van der Waals surface area contributed by atoms with Crippen LogP contribution in [0.4, 0.5) is 15.8 Å². The average molecular weight is 665 g/mol. The maximum atomic E-state index is 14.4. The van der Waals surface area contributed by atoms with Crippen LogP contribution in [0.3, 0.4) is 0 Å². The van der Waals surface area contributed by atoms with Crippen LogP contribution in [0.1, 0.15) is 29.0 Å². The van der Waals surface area contributed by atoms with Crippen LogP contribution in [0.5, 0.6) is 0 Å². The molecule has 2 unspecified atom stereocenters. The number of esters is 1. The summed E-state index contributed by atoms with van der Waals surface area (Å²) in [5.74, 6) is -0.734. The highest BCUT2D eigenvalue weighted by Gasteiger charge is 2.57. The van der Waals surface area contributed by atoms with Crippen molar-refractivity contribution >= 4 is 73.6 Å². The molecule has 0 spiro atoms. The number of carbonyl (C=O) groups excluding carboxylic acids is 3. The molecule has 2 aromatic heterocycles. The van der Waals surface area contributed by atoms with Crippen LogP contribution in [0.2, 0.25) is 0 Å². The molecule has 1 fully saturated rings. The fourth-order valence-electron chi connectivity index (χ4n) is 5.64. The van der Waals surface area contributed by atoms with Gasteiger partial charge in [0.15, 0.2) is 11.2 Å². The quantitative estimate of drug-likeness (QED) is 0.130. The van der Waals surface area contributed by atoms with E-state index < -0.39 is 23.5 Å². The molecule has 46 heavy (non-hydrogen) atoms. The number of carbonyl (C=O) groups is 3. The third-order valence-electron chi connectivity index (χ3n) is 7.75. The Balaban J connectivity index is 1.27. The van der Waals surface area contributed by atoms with Crippen molar-refractivity contribution in [3.8, 4) is 0 Å². The largest absolute Gasteiger partial charge is 0.448 e. The van der Waals surface area contributed by atoms with Crippen LogP contribution in [-0.2, 0) is 19.1 Å². The van der Waals surface area contributed by atoms with E-state index in [0.717, 1.165) is 21.7 Å². The van der Waals surface area contributed by atoms with Crippen molar-refractivity contribution in [3.05, 3.63) is 136 Å². The highest BCUT2D eigenvalue weighted by molar-refractivity contribution is 8.00. The number of rotatable bonds is 9. The second-order valence-electron chi connectivity index (χ2n) is 10.6. The lowest BCUT2D eigenvalue weighted by Gasteiger charge is -2.52. The number of para-hydroxylation sites is 1. The highest BCUT2D eigenvalue weighted by atomic mass is 32.2. The Morgan fingerprint density at radius 3 is 2.20 bits per heavy atom. The minimum absolute atomic E-state index is 0.187. The van der Waals surface area contributed by atoms with E-state index in [1.807, 2.05) is 109 Å². The highest BCUT2D eigenvalue weighted by Crippen LogP contribution is 2.48. The minimum atomic E-state index is -0.735. The SMILES string of the molecule is CC(=O)N(c1cccs1)C1C(=O)N2C(C(=O)OC(c3ccccc3)c3ccccc3)=C(c3cnc(Nc4ccccc4)s3)CSC12. The van der Waals surface area contributed by atoms with E-state index in [2.05, 4.69) is 10.3 Å². The topological polar surface area (TPSA) is 91.8 Å². The summed E-state index contributed by atoms with van der Waals surface area (Å²) in [6.07, 6.45) is 1.03. The van der Waals surface area contributed by atoms with Gasteiger partial charge in [-0.2, -0.15) is 0 Å². The first-order chi connectivity index (χ1) is 22.5. The van der Waals surface area contributed by atoms with Gasteiger partial charge in [0, 0.05) is 30.1 Å². The number of nitrogens with one attached hydrogen (secondary N) is 1. The first-order valence-electron chi connectivity index (χ1n) is 14.6. The molecular formula is C35H28N4O4S3. The third kappa shape index (κ3) is 5.73. The number of fused-ring (bicyclic) bond motifs is 1. The van der Waals surface area contributed by atoms with Crippen molar-refractivity contribution in [2.24, 2.45) is 0 Å². The Kier molecular flexibility index (Phi) is 8.44. The van der Waals surface area contributed by atoms with E-state index in [1.54, 1.807) is 11.1 Å². The summed E-state index contributed by atoms with van der Waals surface area (Å²) in [6, 6.07) is 31.8. The molecular weight excluding hydrogens is 637 g/mol. The normalized spacial score (nSPS) is 17.3. The fraction of sp³-hybridized carbons (Fsp3) is 0.143. The molecule has 230 valence electrons. The Labute approximate surface area is 278 Å².